The van der Waals surface area contributed by atoms with Crippen LogP contribution in [0.5, 0.6) is 0 Å². The lowest BCUT2D eigenvalue weighted by molar-refractivity contribution is -0.199. The van der Waals surface area contributed by atoms with E-state index in [0.717, 1.165) is 19.3 Å². The van der Waals surface area contributed by atoms with Gasteiger partial charge in [0.15, 0.2) is 5.78 Å². The van der Waals surface area contributed by atoms with Crippen LogP contribution in [0.1, 0.15) is 86.5 Å². The fourth-order valence-electron chi connectivity index (χ4n) is 8.43. The van der Waals surface area contributed by atoms with Crippen molar-refractivity contribution in [1.29, 1.82) is 0 Å². The first-order chi connectivity index (χ1) is 14.4. The van der Waals surface area contributed by atoms with Crippen molar-refractivity contribution >= 4 is 11.8 Å². The third-order valence-corrected chi connectivity index (χ3v) is 9.40. The third kappa shape index (κ3) is 3.73. The molecule has 0 aliphatic heterocycles. The molecule has 1 N–H and O–H groups in total. The number of Topliss-reactive ketones (excluding diaryl/α,β-unsaturated/α-hetero) is 1. The number of ether oxygens (including phenoxy) is 1. The van der Waals surface area contributed by atoms with E-state index in [1.807, 2.05) is 0 Å². The summed E-state index contributed by atoms with van der Waals surface area (Å²) in [5, 5.41) is 10.7. The van der Waals surface area contributed by atoms with Crippen LogP contribution < -0.4 is 0 Å². The Labute approximate surface area is 187 Å². The van der Waals surface area contributed by atoms with Gasteiger partial charge in [-0.2, -0.15) is 0 Å². The zero-order valence-corrected chi connectivity index (χ0v) is 20.2. The molecule has 0 heterocycles. The van der Waals surface area contributed by atoms with E-state index in [9.17, 15) is 14.7 Å². The molecule has 0 aromatic rings. The number of ketones is 1. The summed E-state index contributed by atoms with van der Waals surface area (Å²) in [6.07, 6.45) is 10.3. The lowest BCUT2D eigenvalue weighted by Gasteiger charge is -2.65. The highest BCUT2D eigenvalue weighted by atomic mass is 16.5. The summed E-state index contributed by atoms with van der Waals surface area (Å²) < 4.78 is 6.03. The predicted molar refractivity (Wildman–Crippen MR) is 121 cm³/mol. The van der Waals surface area contributed by atoms with Crippen molar-refractivity contribution in [1.82, 2.24) is 0 Å². The molecule has 4 rings (SSSR count). The van der Waals surface area contributed by atoms with Crippen LogP contribution in [0.2, 0.25) is 0 Å². The van der Waals surface area contributed by atoms with Gasteiger partial charge in [0.05, 0.1) is 6.10 Å². The summed E-state index contributed by atoms with van der Waals surface area (Å²) in [4.78, 5) is 24.4. The molecule has 0 aromatic heterocycles. The topological polar surface area (TPSA) is 63.6 Å². The number of carbonyl (C=O) groups is 2. The Kier molecular flexibility index (Phi) is 5.56. The first-order valence-corrected chi connectivity index (χ1v) is 12.2. The molecular formula is C27H40O4. The Balaban J connectivity index is 1.73. The molecular weight excluding hydrogens is 388 g/mol. The van der Waals surface area contributed by atoms with Crippen molar-refractivity contribution in [2.24, 2.45) is 34.0 Å². The molecule has 0 aromatic carbocycles. The summed E-state index contributed by atoms with van der Waals surface area (Å²) in [7, 11) is 0. The van der Waals surface area contributed by atoms with Crippen molar-refractivity contribution < 1.29 is 19.4 Å². The molecule has 0 amide bonds. The zero-order chi connectivity index (χ0) is 22.8. The van der Waals surface area contributed by atoms with E-state index in [4.69, 9.17) is 4.74 Å². The van der Waals surface area contributed by atoms with Gasteiger partial charge in [0.25, 0.3) is 0 Å². The lowest BCUT2D eigenvalue weighted by atomic mass is 9.41. The van der Waals surface area contributed by atoms with Crippen LogP contribution in [0.4, 0.5) is 0 Å². The van der Waals surface area contributed by atoms with Gasteiger partial charge in [-0.05, 0) is 72.8 Å². The van der Waals surface area contributed by atoms with Crippen molar-refractivity contribution in [2.45, 2.75) is 98.7 Å². The van der Waals surface area contributed by atoms with Gasteiger partial charge in [0, 0.05) is 25.2 Å². The summed E-state index contributed by atoms with van der Waals surface area (Å²) in [5.41, 5.74) is 2.07. The third-order valence-electron chi connectivity index (χ3n) is 9.40. The van der Waals surface area contributed by atoms with Crippen molar-refractivity contribution in [2.75, 3.05) is 0 Å². The number of hydrogen-bond acceptors (Lipinski definition) is 4. The molecule has 4 aliphatic rings. The predicted octanol–water partition coefficient (Wildman–Crippen LogP) is 5.39. The number of aliphatic hydroxyl groups excluding tert-OH is 1. The summed E-state index contributed by atoms with van der Waals surface area (Å²) in [6, 6.07) is 0. The number of carbonyl (C=O) groups excluding carboxylic acids is 2. The fourth-order valence-corrected chi connectivity index (χ4v) is 8.43. The highest BCUT2D eigenvalue weighted by molar-refractivity contribution is 5.96. The molecule has 4 heteroatoms. The highest BCUT2D eigenvalue weighted by Gasteiger charge is 2.62. The highest BCUT2D eigenvalue weighted by Crippen LogP contribution is 2.67. The van der Waals surface area contributed by atoms with Crippen LogP contribution in [-0.2, 0) is 14.3 Å². The van der Waals surface area contributed by atoms with Crippen LogP contribution in [0.25, 0.3) is 0 Å². The van der Waals surface area contributed by atoms with Gasteiger partial charge in [-0.3, -0.25) is 9.59 Å². The normalized spacial score (nSPS) is 44.5. The SMILES string of the molecule is CC(=O)O[C@@H]1C[C@@]2(C)C=C(C3CC(=O)C(C)=C[C@H]3O)CCC2[C@@]2(C)CCCC(C)(C)C12. The van der Waals surface area contributed by atoms with Crippen LogP contribution in [-0.4, -0.2) is 29.1 Å². The monoisotopic (exact) mass is 428 g/mol. The molecule has 0 spiro atoms. The smallest absolute Gasteiger partial charge is 0.302 e. The minimum Gasteiger partial charge on any atom is -0.462 e. The molecule has 2 fully saturated rings. The molecule has 2 saturated carbocycles. The van der Waals surface area contributed by atoms with E-state index in [0.29, 0.717) is 23.8 Å². The maximum atomic E-state index is 12.4. The van der Waals surface area contributed by atoms with Crippen LogP contribution >= 0.6 is 0 Å². The average molecular weight is 429 g/mol. The molecule has 4 aliphatic carbocycles. The van der Waals surface area contributed by atoms with Gasteiger partial charge in [0.1, 0.15) is 6.10 Å². The van der Waals surface area contributed by atoms with E-state index in [-0.39, 0.29) is 40.0 Å². The van der Waals surface area contributed by atoms with E-state index in [1.165, 1.54) is 31.8 Å². The van der Waals surface area contributed by atoms with Gasteiger partial charge in [-0.25, -0.2) is 0 Å². The van der Waals surface area contributed by atoms with Gasteiger partial charge < -0.3 is 9.84 Å². The maximum absolute atomic E-state index is 12.4. The second kappa shape index (κ2) is 7.57. The van der Waals surface area contributed by atoms with Crippen LogP contribution in [0.3, 0.4) is 0 Å². The number of esters is 1. The number of fused-ring (bicyclic) bond motifs is 3. The van der Waals surface area contributed by atoms with Gasteiger partial charge >= 0.3 is 5.97 Å². The molecule has 3 unspecified atom stereocenters. The lowest BCUT2D eigenvalue weighted by Crippen LogP contribution is -2.61. The largest absolute Gasteiger partial charge is 0.462 e. The number of hydrogen-bond donors (Lipinski definition) is 1. The van der Waals surface area contributed by atoms with Gasteiger partial charge in [0.2, 0.25) is 0 Å². The molecule has 31 heavy (non-hydrogen) atoms. The molecule has 7 atom stereocenters. The Morgan fingerprint density at radius 2 is 1.90 bits per heavy atom. The molecule has 0 saturated heterocycles. The fraction of sp³-hybridized carbons (Fsp3) is 0.778. The van der Waals surface area contributed by atoms with Crippen LogP contribution in [0, 0.1) is 34.0 Å². The minimum absolute atomic E-state index is 0.0882. The Morgan fingerprint density at radius 1 is 1.19 bits per heavy atom. The molecule has 0 bridgehead atoms. The van der Waals surface area contributed by atoms with Crippen LogP contribution in [0.15, 0.2) is 23.3 Å². The van der Waals surface area contributed by atoms with Gasteiger partial charge in [-0.15, -0.1) is 0 Å². The number of allylic oxidation sites excluding steroid dienone is 2. The maximum Gasteiger partial charge on any atom is 0.302 e. The molecule has 4 nitrogen and oxygen atoms in total. The van der Waals surface area contributed by atoms with E-state index in [1.54, 1.807) is 13.0 Å². The number of rotatable bonds is 2. The molecule has 0 radical (unpaired) electrons. The average Bonchev–Trinajstić information content (AvgIpc) is 2.62. The number of aliphatic hydroxyl groups is 1. The summed E-state index contributed by atoms with van der Waals surface area (Å²) in [6.45, 7) is 12.8. The minimum atomic E-state index is -0.589. The Hall–Kier alpha value is -1.42. The first-order valence-electron chi connectivity index (χ1n) is 12.2. The standard InChI is InChI=1S/C27H40O4/c1-16-12-21(30)19(13-20(16)29)18-8-9-23-26(5,14-18)15-22(31-17(2)28)24-25(3,4)10-7-11-27(23,24)6/h12,14,19,21-24,30H,7-11,13,15H2,1-6H3/t19?,21-,22-,23?,24?,26-,27-/m1/s1. The molecule has 172 valence electrons. The summed E-state index contributed by atoms with van der Waals surface area (Å²) >= 11 is 0. The second-order valence-corrected chi connectivity index (χ2v) is 12.1. The van der Waals surface area contributed by atoms with Gasteiger partial charge in [-0.1, -0.05) is 45.8 Å². The van der Waals surface area contributed by atoms with E-state index >= 15 is 0 Å². The Morgan fingerprint density at radius 3 is 2.58 bits per heavy atom. The van der Waals surface area contributed by atoms with Crippen molar-refractivity contribution in [3.05, 3.63) is 23.3 Å². The van der Waals surface area contributed by atoms with E-state index in [2.05, 4.69) is 33.8 Å². The second-order valence-electron chi connectivity index (χ2n) is 12.1. The van der Waals surface area contributed by atoms with E-state index < -0.39 is 6.10 Å². The summed E-state index contributed by atoms with van der Waals surface area (Å²) in [5.74, 6) is 0.720. The van der Waals surface area contributed by atoms with Crippen molar-refractivity contribution in [3.63, 3.8) is 0 Å². The Bertz CT molecular complexity index is 836. The quantitative estimate of drug-likeness (QED) is 0.473. The van der Waals surface area contributed by atoms with Crippen molar-refractivity contribution in [3.8, 4) is 0 Å². The first kappa shape index (κ1) is 22.8. The zero-order valence-electron chi connectivity index (χ0n) is 20.2.